The third kappa shape index (κ3) is 4.46. The highest BCUT2D eigenvalue weighted by atomic mass is 16.6. The Morgan fingerprint density at radius 2 is 2.00 bits per heavy atom. The Hall–Kier alpha value is -1.52. The Morgan fingerprint density at radius 3 is 2.53 bits per heavy atom. The van der Waals surface area contributed by atoms with Crippen LogP contribution in [-0.4, -0.2) is 35.7 Å². The number of carboxylic acid groups (broad SMARTS) is 1. The predicted octanol–water partition coefficient (Wildman–Crippen LogP) is 0.549. The van der Waals surface area contributed by atoms with Crippen LogP contribution >= 0.6 is 0 Å². The van der Waals surface area contributed by atoms with Crippen molar-refractivity contribution in [2.45, 2.75) is 32.8 Å². The van der Waals surface area contributed by atoms with Gasteiger partial charge in [0, 0.05) is 25.0 Å². The standard InChI is InChI=1S/C12H19NO4/c1-12(2,3)17-11(16)13-7-5-4-6-9(8-13)10(14)15/h4-5,9H,6-8H2,1-3H3,(H,14,15)/p-1. The molecule has 0 aromatic heterocycles. The van der Waals surface area contributed by atoms with Gasteiger partial charge in [-0.15, -0.1) is 0 Å². The first kappa shape index (κ1) is 13.5. The van der Waals surface area contributed by atoms with Gasteiger partial charge in [-0.05, 0) is 27.2 Å². The van der Waals surface area contributed by atoms with E-state index in [4.69, 9.17) is 4.74 Å². The Kier molecular flexibility index (Phi) is 4.15. The molecule has 1 aliphatic rings. The molecular weight excluding hydrogens is 222 g/mol. The normalized spacial score (nSPS) is 20.9. The van der Waals surface area contributed by atoms with E-state index < -0.39 is 23.6 Å². The highest BCUT2D eigenvalue weighted by molar-refractivity contribution is 5.72. The van der Waals surface area contributed by atoms with E-state index >= 15 is 0 Å². The van der Waals surface area contributed by atoms with Crippen molar-refractivity contribution in [2.24, 2.45) is 5.92 Å². The van der Waals surface area contributed by atoms with Crippen molar-refractivity contribution in [1.82, 2.24) is 4.90 Å². The fourth-order valence-electron chi connectivity index (χ4n) is 1.52. The maximum atomic E-state index is 11.8. The van der Waals surface area contributed by atoms with Crippen LogP contribution in [0.4, 0.5) is 4.79 Å². The Labute approximate surface area is 101 Å². The van der Waals surface area contributed by atoms with Gasteiger partial charge in [0.05, 0.1) is 0 Å². The van der Waals surface area contributed by atoms with Gasteiger partial charge >= 0.3 is 6.09 Å². The molecule has 0 bridgehead atoms. The summed E-state index contributed by atoms with van der Waals surface area (Å²) in [5.74, 6) is -1.80. The lowest BCUT2D eigenvalue weighted by Crippen LogP contribution is -2.43. The number of nitrogens with zero attached hydrogens (tertiary/aromatic N) is 1. The molecule has 5 nitrogen and oxygen atoms in total. The molecular formula is C12H18NO4-. The molecule has 17 heavy (non-hydrogen) atoms. The minimum Gasteiger partial charge on any atom is -0.550 e. The molecule has 1 unspecified atom stereocenters. The van der Waals surface area contributed by atoms with Gasteiger partial charge in [-0.3, -0.25) is 0 Å². The van der Waals surface area contributed by atoms with Gasteiger partial charge < -0.3 is 19.5 Å². The molecule has 1 heterocycles. The van der Waals surface area contributed by atoms with E-state index in [0.717, 1.165) is 0 Å². The number of hydrogen-bond donors (Lipinski definition) is 0. The summed E-state index contributed by atoms with van der Waals surface area (Å²) >= 11 is 0. The molecule has 0 saturated heterocycles. The third-order valence-electron chi connectivity index (χ3n) is 2.34. The van der Waals surface area contributed by atoms with Crippen molar-refractivity contribution in [1.29, 1.82) is 0 Å². The highest BCUT2D eigenvalue weighted by Gasteiger charge is 2.25. The zero-order valence-electron chi connectivity index (χ0n) is 10.4. The first-order chi connectivity index (χ1) is 7.79. The van der Waals surface area contributed by atoms with Crippen LogP contribution in [0.15, 0.2) is 12.2 Å². The number of ether oxygens (including phenoxy) is 1. The molecule has 0 aromatic rings. The van der Waals surface area contributed by atoms with Crippen molar-refractivity contribution in [3.8, 4) is 0 Å². The smallest absolute Gasteiger partial charge is 0.410 e. The number of allylic oxidation sites excluding steroid dienone is 1. The molecule has 5 heteroatoms. The maximum Gasteiger partial charge on any atom is 0.410 e. The SMILES string of the molecule is CC(C)(C)OC(=O)N1CC=CCC(C(=O)[O-])C1. The molecule has 0 N–H and O–H groups in total. The highest BCUT2D eigenvalue weighted by Crippen LogP contribution is 2.15. The van der Waals surface area contributed by atoms with E-state index in [1.807, 2.05) is 0 Å². The summed E-state index contributed by atoms with van der Waals surface area (Å²) in [6.45, 7) is 5.82. The second-order valence-electron chi connectivity index (χ2n) is 5.11. The van der Waals surface area contributed by atoms with Crippen molar-refractivity contribution >= 4 is 12.1 Å². The predicted molar refractivity (Wildman–Crippen MR) is 60.1 cm³/mol. The van der Waals surface area contributed by atoms with Crippen LogP contribution in [0, 0.1) is 5.92 Å². The lowest BCUT2D eigenvalue weighted by Gasteiger charge is -2.28. The molecule has 1 amide bonds. The number of aliphatic carboxylic acids is 1. The zero-order chi connectivity index (χ0) is 13.1. The minimum absolute atomic E-state index is 0.129. The van der Waals surface area contributed by atoms with Gasteiger partial charge in [0.15, 0.2) is 0 Å². The Morgan fingerprint density at radius 1 is 1.35 bits per heavy atom. The van der Waals surface area contributed by atoms with Gasteiger partial charge in [0.2, 0.25) is 0 Å². The first-order valence-corrected chi connectivity index (χ1v) is 5.63. The van der Waals surface area contributed by atoms with Gasteiger partial charge in [0.25, 0.3) is 0 Å². The summed E-state index contributed by atoms with van der Waals surface area (Å²) in [5, 5.41) is 10.8. The van der Waals surface area contributed by atoms with Crippen LogP contribution in [0.5, 0.6) is 0 Å². The number of hydrogen-bond acceptors (Lipinski definition) is 4. The van der Waals surface area contributed by atoms with E-state index in [-0.39, 0.29) is 6.54 Å². The van der Waals surface area contributed by atoms with Crippen LogP contribution < -0.4 is 5.11 Å². The van der Waals surface area contributed by atoms with Crippen LogP contribution in [0.25, 0.3) is 0 Å². The van der Waals surface area contributed by atoms with E-state index in [1.54, 1.807) is 32.9 Å². The average Bonchev–Trinajstić information content (AvgIpc) is 2.39. The summed E-state index contributed by atoms with van der Waals surface area (Å²) in [5.41, 5.74) is -0.579. The van der Waals surface area contributed by atoms with E-state index in [0.29, 0.717) is 13.0 Å². The van der Waals surface area contributed by atoms with Crippen LogP contribution in [-0.2, 0) is 9.53 Å². The van der Waals surface area contributed by atoms with Gasteiger partial charge in [-0.1, -0.05) is 12.2 Å². The fourth-order valence-corrected chi connectivity index (χ4v) is 1.52. The zero-order valence-corrected chi connectivity index (χ0v) is 10.4. The summed E-state index contributed by atoms with van der Waals surface area (Å²) in [6, 6.07) is 0. The van der Waals surface area contributed by atoms with E-state index in [9.17, 15) is 14.7 Å². The molecule has 0 saturated carbocycles. The summed E-state index contributed by atoms with van der Waals surface area (Å²) in [7, 11) is 0. The molecule has 0 radical (unpaired) electrons. The molecule has 1 aliphatic heterocycles. The molecule has 0 spiro atoms. The molecule has 0 aromatic carbocycles. The maximum absolute atomic E-state index is 11.8. The monoisotopic (exact) mass is 240 g/mol. The Bertz CT molecular complexity index is 330. The summed E-state index contributed by atoms with van der Waals surface area (Å²) < 4.78 is 5.20. The van der Waals surface area contributed by atoms with Crippen molar-refractivity contribution in [3.63, 3.8) is 0 Å². The average molecular weight is 240 g/mol. The minimum atomic E-state index is -1.13. The largest absolute Gasteiger partial charge is 0.550 e. The lowest BCUT2D eigenvalue weighted by molar-refractivity contribution is -0.311. The number of rotatable bonds is 1. The van der Waals surface area contributed by atoms with Gasteiger partial charge in [-0.25, -0.2) is 4.79 Å². The molecule has 0 fully saturated rings. The number of carboxylic acids is 1. The van der Waals surface area contributed by atoms with Crippen LogP contribution in [0.2, 0.25) is 0 Å². The van der Waals surface area contributed by atoms with Gasteiger partial charge in [0.1, 0.15) is 5.60 Å². The van der Waals surface area contributed by atoms with Crippen LogP contribution in [0.3, 0.4) is 0 Å². The first-order valence-electron chi connectivity index (χ1n) is 5.63. The number of amides is 1. The molecule has 0 aliphatic carbocycles. The summed E-state index contributed by atoms with van der Waals surface area (Å²) in [4.78, 5) is 24.0. The topological polar surface area (TPSA) is 69.7 Å². The van der Waals surface area contributed by atoms with Crippen molar-refractivity contribution < 1.29 is 19.4 Å². The van der Waals surface area contributed by atoms with Crippen LogP contribution in [0.1, 0.15) is 27.2 Å². The van der Waals surface area contributed by atoms with E-state index in [1.165, 1.54) is 4.90 Å². The molecule has 1 rings (SSSR count). The number of carbonyl (C=O) groups excluding carboxylic acids is 2. The lowest BCUT2D eigenvalue weighted by atomic mass is 10.1. The Balaban J connectivity index is 2.66. The quantitative estimate of drug-likeness (QED) is 0.628. The third-order valence-corrected chi connectivity index (χ3v) is 2.34. The fraction of sp³-hybridized carbons (Fsp3) is 0.667. The molecule has 96 valence electrons. The second kappa shape index (κ2) is 5.21. The van der Waals surface area contributed by atoms with E-state index in [2.05, 4.69) is 0 Å². The van der Waals surface area contributed by atoms with Crippen molar-refractivity contribution in [2.75, 3.05) is 13.1 Å². The van der Waals surface area contributed by atoms with Crippen molar-refractivity contribution in [3.05, 3.63) is 12.2 Å². The van der Waals surface area contributed by atoms with Gasteiger partial charge in [-0.2, -0.15) is 0 Å². The summed E-state index contributed by atoms with van der Waals surface area (Å²) in [6.07, 6.45) is 3.43. The molecule has 1 atom stereocenters. The number of carbonyl (C=O) groups is 2. The second-order valence-corrected chi connectivity index (χ2v) is 5.11.